The molecule has 1 amide bonds. The molecule has 0 spiro atoms. The first kappa shape index (κ1) is 20.3. The van der Waals surface area contributed by atoms with Crippen molar-refractivity contribution < 1.29 is 9.90 Å². The van der Waals surface area contributed by atoms with E-state index in [4.69, 9.17) is 10.1 Å². The first-order valence-corrected chi connectivity index (χ1v) is 16.5. The molecule has 0 aliphatic rings. The van der Waals surface area contributed by atoms with E-state index in [1.54, 1.807) is 6.20 Å². The van der Waals surface area contributed by atoms with Crippen LogP contribution in [-0.4, -0.2) is 34.6 Å². The van der Waals surface area contributed by atoms with Crippen molar-refractivity contribution in [3.05, 3.63) is 18.3 Å². The number of pyridine rings is 1. The van der Waals surface area contributed by atoms with Gasteiger partial charge in [0, 0.05) is 0 Å². The molecule has 1 heterocycles. The first-order chi connectivity index (χ1) is 11.1. The predicted molar refractivity (Wildman–Crippen MR) is 100 cm³/mol. The van der Waals surface area contributed by atoms with Crippen LogP contribution in [-0.2, 0) is 0 Å². The second-order valence-electron chi connectivity index (χ2n) is 6.45. The summed E-state index contributed by atoms with van der Waals surface area (Å²) in [4.78, 5) is 15.5. The fourth-order valence-corrected chi connectivity index (χ4v) is 18.6. The summed E-state index contributed by atoms with van der Waals surface area (Å²) in [7, 11) is 0. The van der Waals surface area contributed by atoms with Gasteiger partial charge in [-0.2, -0.15) is 0 Å². The van der Waals surface area contributed by atoms with Crippen molar-refractivity contribution in [2.75, 3.05) is 5.32 Å². The second kappa shape index (κ2) is 10.9. The Bertz CT molecular complexity index is 441. The summed E-state index contributed by atoms with van der Waals surface area (Å²) in [6.07, 6.45) is 8.33. The van der Waals surface area contributed by atoms with Crippen molar-refractivity contribution in [1.29, 1.82) is 0 Å². The van der Waals surface area contributed by atoms with Crippen LogP contribution in [0, 0.1) is 0 Å². The molecule has 4 nitrogen and oxygen atoms in total. The van der Waals surface area contributed by atoms with Gasteiger partial charge < -0.3 is 0 Å². The van der Waals surface area contributed by atoms with Gasteiger partial charge in [-0.1, -0.05) is 0 Å². The molecule has 2 N–H and O–H groups in total. The van der Waals surface area contributed by atoms with Gasteiger partial charge in [0.15, 0.2) is 0 Å². The molecule has 0 radical (unpaired) electrons. The molecular formula is C18H32N2O2Sn. The third-order valence-electron chi connectivity index (χ3n) is 4.58. The van der Waals surface area contributed by atoms with Gasteiger partial charge in [0.2, 0.25) is 0 Å². The van der Waals surface area contributed by atoms with Crippen LogP contribution < -0.4 is 9.03 Å². The zero-order valence-corrected chi connectivity index (χ0v) is 17.8. The minimum absolute atomic E-state index is 0.572. The van der Waals surface area contributed by atoms with Gasteiger partial charge >= 0.3 is 145 Å². The zero-order chi connectivity index (χ0) is 17.1. The summed E-state index contributed by atoms with van der Waals surface area (Å²) in [6.45, 7) is 6.80. The van der Waals surface area contributed by atoms with E-state index in [9.17, 15) is 4.79 Å². The van der Waals surface area contributed by atoms with Crippen molar-refractivity contribution in [3.8, 4) is 0 Å². The van der Waals surface area contributed by atoms with Crippen LogP contribution in [0.2, 0.25) is 13.3 Å². The van der Waals surface area contributed by atoms with Crippen molar-refractivity contribution in [2.45, 2.75) is 72.6 Å². The van der Waals surface area contributed by atoms with E-state index < -0.39 is 24.5 Å². The van der Waals surface area contributed by atoms with Crippen LogP contribution in [0.4, 0.5) is 10.5 Å². The van der Waals surface area contributed by atoms with E-state index in [-0.39, 0.29) is 0 Å². The average Bonchev–Trinajstić information content (AvgIpc) is 2.55. The first-order valence-electron chi connectivity index (χ1n) is 9.04. The molecule has 5 heteroatoms. The van der Waals surface area contributed by atoms with Gasteiger partial charge in [-0.15, -0.1) is 0 Å². The summed E-state index contributed by atoms with van der Waals surface area (Å²) in [5, 5.41) is 11.2. The monoisotopic (exact) mass is 428 g/mol. The maximum atomic E-state index is 10.7. The van der Waals surface area contributed by atoms with E-state index in [0.29, 0.717) is 5.69 Å². The van der Waals surface area contributed by atoms with Crippen LogP contribution in [0.3, 0.4) is 0 Å². The SMILES string of the molecule is CCC[CH2][Sn]([CH2]CCC)([CH2]CCC)[c]1ccc(NC(=O)O)cn1. The Kier molecular flexibility index (Phi) is 9.60. The van der Waals surface area contributed by atoms with Gasteiger partial charge in [0.05, 0.1) is 0 Å². The Morgan fingerprint density at radius 2 is 1.57 bits per heavy atom. The molecule has 0 aliphatic heterocycles. The number of aromatic nitrogens is 1. The van der Waals surface area contributed by atoms with Crippen LogP contribution in [0.25, 0.3) is 0 Å². The molecule has 0 unspecified atom stereocenters. The van der Waals surface area contributed by atoms with Crippen LogP contribution in [0.5, 0.6) is 0 Å². The molecule has 0 atom stereocenters. The summed E-state index contributed by atoms with van der Waals surface area (Å²) in [5.74, 6) is 0. The van der Waals surface area contributed by atoms with Crippen LogP contribution in [0.15, 0.2) is 18.3 Å². The number of amides is 1. The second-order valence-corrected chi connectivity index (χ2v) is 19.5. The summed E-state index contributed by atoms with van der Waals surface area (Å²) in [6, 6.07) is 4.01. The van der Waals surface area contributed by atoms with Crippen LogP contribution in [0.1, 0.15) is 59.3 Å². The molecule has 1 rings (SSSR count). The zero-order valence-electron chi connectivity index (χ0n) is 14.9. The predicted octanol–water partition coefficient (Wildman–Crippen LogP) is 5.23. The van der Waals surface area contributed by atoms with Crippen LogP contribution >= 0.6 is 0 Å². The maximum absolute atomic E-state index is 10.7. The summed E-state index contributed by atoms with van der Waals surface area (Å²) < 4.78 is 5.48. The standard InChI is InChI=1S/C6H5N2O2.3C4H9.Sn/c9-6(10)8-5-2-1-3-7-4-5;3*1-3-4-2;/h1-2,4,8H,(H,9,10);3*1,3-4H2,2H3;. The Morgan fingerprint density at radius 3 is 1.91 bits per heavy atom. The van der Waals surface area contributed by atoms with E-state index >= 15 is 0 Å². The normalized spacial score (nSPS) is 11.4. The topological polar surface area (TPSA) is 62.2 Å². The molecule has 0 bridgehead atoms. The fourth-order valence-electron chi connectivity index (χ4n) is 3.21. The molecule has 23 heavy (non-hydrogen) atoms. The third-order valence-corrected chi connectivity index (χ3v) is 19.8. The molecule has 130 valence electrons. The van der Waals surface area contributed by atoms with Crippen molar-refractivity contribution in [2.24, 2.45) is 0 Å². The molecule has 0 aliphatic carbocycles. The molecule has 1 aromatic heterocycles. The molecule has 1 aromatic rings. The number of hydrogen-bond donors (Lipinski definition) is 2. The van der Waals surface area contributed by atoms with Gasteiger partial charge in [0.1, 0.15) is 0 Å². The molecule has 0 aromatic carbocycles. The van der Waals surface area contributed by atoms with Crippen molar-refractivity contribution in [3.63, 3.8) is 0 Å². The van der Waals surface area contributed by atoms with Gasteiger partial charge in [0.25, 0.3) is 0 Å². The van der Waals surface area contributed by atoms with E-state index in [1.165, 1.54) is 55.5 Å². The summed E-state index contributed by atoms with van der Waals surface area (Å²) in [5.41, 5.74) is 0.572. The number of hydrogen-bond acceptors (Lipinski definition) is 2. The van der Waals surface area contributed by atoms with E-state index in [0.717, 1.165) is 0 Å². The fraction of sp³-hybridized carbons (Fsp3) is 0.667. The van der Waals surface area contributed by atoms with E-state index in [1.807, 2.05) is 6.07 Å². The van der Waals surface area contributed by atoms with Gasteiger partial charge in [-0.25, -0.2) is 0 Å². The van der Waals surface area contributed by atoms with E-state index in [2.05, 4.69) is 32.2 Å². The number of anilines is 1. The number of carboxylic acid groups (broad SMARTS) is 1. The molecule has 0 fully saturated rings. The molecule has 0 saturated heterocycles. The molecular weight excluding hydrogens is 395 g/mol. The van der Waals surface area contributed by atoms with Crippen molar-refractivity contribution >= 4 is 33.9 Å². The Hall–Kier alpha value is -0.781. The number of nitrogens with zero attached hydrogens (tertiary/aromatic N) is 1. The number of unbranched alkanes of at least 4 members (excludes halogenated alkanes) is 3. The minimum atomic E-state index is -2.47. The number of carbonyl (C=O) groups is 1. The Morgan fingerprint density at radius 1 is 1.04 bits per heavy atom. The molecule has 0 saturated carbocycles. The number of rotatable bonds is 11. The summed E-state index contributed by atoms with van der Waals surface area (Å²) >= 11 is -2.47. The average molecular weight is 427 g/mol. The Labute approximate surface area is 145 Å². The van der Waals surface area contributed by atoms with Gasteiger partial charge in [-0.3, -0.25) is 0 Å². The third kappa shape index (κ3) is 6.69. The Balaban J connectivity index is 3.04. The van der Waals surface area contributed by atoms with Crippen molar-refractivity contribution in [1.82, 2.24) is 4.98 Å². The van der Waals surface area contributed by atoms with Gasteiger partial charge in [-0.05, 0) is 0 Å². The number of nitrogens with one attached hydrogen (secondary N) is 1. The quantitative estimate of drug-likeness (QED) is 0.476.